The maximum Gasteiger partial charge on any atom is 0.165 e. The quantitative estimate of drug-likeness (QED) is 0.859. The molecule has 4 nitrogen and oxygen atoms in total. The van der Waals surface area contributed by atoms with Crippen LogP contribution in [0.2, 0.25) is 0 Å². The topological polar surface area (TPSA) is 56.5 Å². The van der Waals surface area contributed by atoms with E-state index in [1.807, 2.05) is 24.3 Å². The summed E-state index contributed by atoms with van der Waals surface area (Å²) in [6.07, 6.45) is 0. The maximum absolute atomic E-state index is 13.4. The number of benzene rings is 2. The summed E-state index contributed by atoms with van der Waals surface area (Å²) in [5.41, 5.74) is 7.58. The zero-order chi connectivity index (χ0) is 15.2. The fraction of sp³-hybridized carbons (Fsp3) is 0.250. The second-order valence-corrected chi connectivity index (χ2v) is 4.56. The normalized spacial score (nSPS) is 11.8. The summed E-state index contributed by atoms with van der Waals surface area (Å²) in [7, 11) is 3.06. The summed E-state index contributed by atoms with van der Waals surface area (Å²) in [4.78, 5) is 0. The smallest absolute Gasteiger partial charge is 0.165 e. The molecule has 1 atom stereocenters. The van der Waals surface area contributed by atoms with Crippen LogP contribution in [0.25, 0.3) is 0 Å². The number of hydrogen-bond acceptors (Lipinski definition) is 4. The lowest BCUT2D eigenvalue weighted by Crippen LogP contribution is -2.20. The highest BCUT2D eigenvalue weighted by atomic mass is 19.1. The van der Waals surface area contributed by atoms with Crippen molar-refractivity contribution >= 4 is 5.69 Å². The van der Waals surface area contributed by atoms with E-state index in [-0.39, 0.29) is 11.8 Å². The molecule has 0 bridgehead atoms. The lowest BCUT2D eigenvalue weighted by molar-refractivity contribution is 0.386. The molecule has 0 saturated carbocycles. The Bertz CT molecular complexity index is 605. The third-order valence-corrected chi connectivity index (χ3v) is 3.22. The molecular formula is C16H19FN2O2. The largest absolute Gasteiger partial charge is 0.497 e. The van der Waals surface area contributed by atoms with E-state index in [1.54, 1.807) is 19.2 Å². The van der Waals surface area contributed by atoms with Gasteiger partial charge in [0.15, 0.2) is 11.6 Å². The predicted molar refractivity (Wildman–Crippen MR) is 81.4 cm³/mol. The van der Waals surface area contributed by atoms with Crippen molar-refractivity contribution in [3.8, 4) is 11.5 Å². The first kappa shape index (κ1) is 15.1. The molecule has 0 radical (unpaired) electrons. The molecule has 0 saturated heterocycles. The second kappa shape index (κ2) is 6.95. The number of ether oxygens (including phenoxy) is 2. The van der Waals surface area contributed by atoms with Crippen LogP contribution in [0.1, 0.15) is 11.6 Å². The summed E-state index contributed by atoms with van der Waals surface area (Å²) < 4.78 is 23.6. The molecule has 21 heavy (non-hydrogen) atoms. The highest BCUT2D eigenvalue weighted by Crippen LogP contribution is 2.26. The summed E-state index contributed by atoms with van der Waals surface area (Å²) in [6, 6.07) is 12.2. The third kappa shape index (κ3) is 3.64. The van der Waals surface area contributed by atoms with E-state index in [2.05, 4.69) is 5.32 Å². The van der Waals surface area contributed by atoms with E-state index in [4.69, 9.17) is 15.2 Å². The Labute approximate surface area is 123 Å². The lowest BCUT2D eigenvalue weighted by atomic mass is 10.1. The van der Waals surface area contributed by atoms with Gasteiger partial charge in [-0.25, -0.2) is 4.39 Å². The number of nitrogens with one attached hydrogen (secondary N) is 1. The van der Waals surface area contributed by atoms with Crippen LogP contribution < -0.4 is 20.5 Å². The van der Waals surface area contributed by atoms with Gasteiger partial charge in [0, 0.05) is 18.3 Å². The molecule has 5 heteroatoms. The minimum atomic E-state index is -0.395. The van der Waals surface area contributed by atoms with E-state index < -0.39 is 5.82 Å². The van der Waals surface area contributed by atoms with Crippen LogP contribution >= 0.6 is 0 Å². The Hall–Kier alpha value is -2.27. The lowest BCUT2D eigenvalue weighted by Gasteiger charge is -2.19. The minimum Gasteiger partial charge on any atom is -0.497 e. The average Bonchev–Trinajstić information content (AvgIpc) is 2.54. The third-order valence-electron chi connectivity index (χ3n) is 3.22. The zero-order valence-corrected chi connectivity index (χ0v) is 12.1. The van der Waals surface area contributed by atoms with E-state index in [9.17, 15) is 4.39 Å². The molecule has 1 unspecified atom stereocenters. The molecule has 112 valence electrons. The highest BCUT2D eigenvalue weighted by molar-refractivity contribution is 5.51. The van der Waals surface area contributed by atoms with Gasteiger partial charge in [-0.1, -0.05) is 12.1 Å². The van der Waals surface area contributed by atoms with Crippen molar-refractivity contribution in [2.75, 3.05) is 26.1 Å². The summed E-state index contributed by atoms with van der Waals surface area (Å²) in [5.74, 6) is 0.569. The van der Waals surface area contributed by atoms with Gasteiger partial charge in [0.1, 0.15) is 5.75 Å². The van der Waals surface area contributed by atoms with Crippen LogP contribution in [0.5, 0.6) is 11.5 Å². The van der Waals surface area contributed by atoms with Gasteiger partial charge < -0.3 is 20.5 Å². The molecule has 2 aromatic carbocycles. The van der Waals surface area contributed by atoms with Crippen molar-refractivity contribution < 1.29 is 13.9 Å². The molecule has 2 rings (SSSR count). The van der Waals surface area contributed by atoms with Crippen molar-refractivity contribution in [2.24, 2.45) is 5.73 Å². The van der Waals surface area contributed by atoms with Crippen molar-refractivity contribution in [1.29, 1.82) is 0 Å². The number of rotatable bonds is 6. The van der Waals surface area contributed by atoms with Gasteiger partial charge >= 0.3 is 0 Å². The first-order valence-corrected chi connectivity index (χ1v) is 6.62. The first-order chi connectivity index (χ1) is 10.2. The van der Waals surface area contributed by atoms with E-state index in [1.165, 1.54) is 13.2 Å². The van der Waals surface area contributed by atoms with Crippen LogP contribution in [0.4, 0.5) is 10.1 Å². The average molecular weight is 290 g/mol. The Balaban J connectivity index is 2.22. The summed E-state index contributed by atoms with van der Waals surface area (Å²) in [5, 5.41) is 3.27. The molecule has 0 aliphatic rings. The summed E-state index contributed by atoms with van der Waals surface area (Å²) >= 11 is 0. The van der Waals surface area contributed by atoms with E-state index in [0.717, 1.165) is 17.0 Å². The Kier molecular flexibility index (Phi) is 5.00. The molecule has 0 amide bonds. The molecule has 0 heterocycles. The molecule has 2 aromatic rings. The van der Waals surface area contributed by atoms with Crippen molar-refractivity contribution in [2.45, 2.75) is 6.04 Å². The SMILES string of the molecule is COc1cccc(C(CN)Nc2ccc(F)c(OC)c2)c1. The van der Waals surface area contributed by atoms with Crippen LogP contribution in [-0.2, 0) is 0 Å². The number of halogens is 1. The van der Waals surface area contributed by atoms with Gasteiger partial charge in [-0.05, 0) is 29.8 Å². The van der Waals surface area contributed by atoms with E-state index >= 15 is 0 Å². The molecule has 3 N–H and O–H groups in total. The molecular weight excluding hydrogens is 271 g/mol. The van der Waals surface area contributed by atoms with Gasteiger partial charge in [-0.3, -0.25) is 0 Å². The van der Waals surface area contributed by atoms with Crippen molar-refractivity contribution in [1.82, 2.24) is 0 Å². The number of methoxy groups -OCH3 is 2. The van der Waals surface area contributed by atoms with Gasteiger partial charge in [0.05, 0.1) is 20.3 Å². The number of anilines is 1. The molecule has 0 aliphatic heterocycles. The van der Waals surface area contributed by atoms with E-state index in [0.29, 0.717) is 6.54 Å². The van der Waals surface area contributed by atoms with Crippen LogP contribution in [0.3, 0.4) is 0 Å². The fourth-order valence-corrected chi connectivity index (χ4v) is 2.09. The van der Waals surface area contributed by atoms with Gasteiger partial charge in [0.2, 0.25) is 0 Å². The number of nitrogens with two attached hydrogens (primary N) is 1. The summed E-state index contributed by atoms with van der Waals surface area (Å²) in [6.45, 7) is 0.396. The molecule has 0 spiro atoms. The minimum absolute atomic E-state index is 0.102. The Morgan fingerprint density at radius 1 is 1.14 bits per heavy atom. The number of hydrogen-bond donors (Lipinski definition) is 2. The van der Waals surface area contributed by atoms with Gasteiger partial charge in [0.25, 0.3) is 0 Å². The maximum atomic E-state index is 13.4. The zero-order valence-electron chi connectivity index (χ0n) is 12.1. The Morgan fingerprint density at radius 3 is 2.62 bits per heavy atom. The van der Waals surface area contributed by atoms with Crippen molar-refractivity contribution in [3.05, 3.63) is 53.8 Å². The predicted octanol–water partition coefficient (Wildman–Crippen LogP) is 2.95. The monoisotopic (exact) mass is 290 g/mol. The van der Waals surface area contributed by atoms with Crippen LogP contribution in [0, 0.1) is 5.82 Å². The Morgan fingerprint density at radius 2 is 1.95 bits per heavy atom. The van der Waals surface area contributed by atoms with Crippen LogP contribution in [0.15, 0.2) is 42.5 Å². The second-order valence-electron chi connectivity index (χ2n) is 4.56. The molecule has 0 aromatic heterocycles. The van der Waals surface area contributed by atoms with Gasteiger partial charge in [-0.15, -0.1) is 0 Å². The van der Waals surface area contributed by atoms with Crippen molar-refractivity contribution in [3.63, 3.8) is 0 Å². The molecule has 0 aliphatic carbocycles. The fourth-order valence-electron chi connectivity index (χ4n) is 2.09. The molecule has 0 fully saturated rings. The highest BCUT2D eigenvalue weighted by Gasteiger charge is 2.12. The van der Waals surface area contributed by atoms with Gasteiger partial charge in [-0.2, -0.15) is 0 Å². The first-order valence-electron chi connectivity index (χ1n) is 6.62. The standard InChI is InChI=1S/C16H19FN2O2/c1-20-13-5-3-4-11(8-13)15(10-18)19-12-6-7-14(17)16(9-12)21-2/h3-9,15,19H,10,18H2,1-2H3. The van der Waals surface area contributed by atoms with Crippen LogP contribution in [-0.4, -0.2) is 20.8 Å².